The van der Waals surface area contributed by atoms with Crippen LogP contribution in [0.25, 0.3) is 0 Å². The summed E-state index contributed by atoms with van der Waals surface area (Å²) in [5.41, 5.74) is 4.02. The molecule has 0 radical (unpaired) electrons. The number of hydrogen-bond acceptors (Lipinski definition) is 6. The highest BCUT2D eigenvalue weighted by Gasteiger charge is 2.00. The van der Waals surface area contributed by atoms with Crippen LogP contribution in [0, 0.1) is 0 Å². The van der Waals surface area contributed by atoms with Crippen molar-refractivity contribution in [3.8, 4) is 5.75 Å². The van der Waals surface area contributed by atoms with E-state index in [1.165, 1.54) is 0 Å². The molecule has 8 heteroatoms. The van der Waals surface area contributed by atoms with E-state index >= 15 is 0 Å². The number of anilines is 1. The third kappa shape index (κ3) is 4.89. The van der Waals surface area contributed by atoms with E-state index in [1.807, 2.05) is 48.5 Å². The van der Waals surface area contributed by atoms with Crippen molar-refractivity contribution >= 4 is 23.8 Å². The van der Waals surface area contributed by atoms with Crippen LogP contribution < -0.4 is 15.7 Å². The Morgan fingerprint density at radius 1 is 1.20 bits per heavy atom. The van der Waals surface area contributed by atoms with Gasteiger partial charge in [-0.1, -0.05) is 29.8 Å². The highest BCUT2D eigenvalue weighted by molar-refractivity contribution is 6.31. The number of nitrogens with zero attached hydrogens (tertiary/aromatic N) is 3. The first-order valence-electron chi connectivity index (χ1n) is 7.38. The molecule has 2 aromatic carbocycles. The molecule has 0 fully saturated rings. The van der Waals surface area contributed by atoms with Gasteiger partial charge < -0.3 is 4.74 Å². The lowest BCUT2D eigenvalue weighted by atomic mass is 10.2. The standard InChI is InChI=1S/C17H14ClN5O2/c18-15-4-2-1-3-13(15)11-25-14-7-5-12(6-8-14)9-19-22-17-21-16(24)10-20-23-17/h1-10H,11H2,(H2,21,22,23,24)/b19-9+. The summed E-state index contributed by atoms with van der Waals surface area (Å²) in [6.45, 7) is 0.398. The fraction of sp³-hybridized carbons (Fsp3) is 0.0588. The van der Waals surface area contributed by atoms with Crippen LogP contribution in [0.4, 0.5) is 5.95 Å². The minimum absolute atomic E-state index is 0.170. The molecule has 0 saturated carbocycles. The summed E-state index contributed by atoms with van der Waals surface area (Å²) in [6.07, 6.45) is 2.67. The highest BCUT2D eigenvalue weighted by atomic mass is 35.5. The van der Waals surface area contributed by atoms with Crippen molar-refractivity contribution in [1.82, 2.24) is 15.2 Å². The van der Waals surface area contributed by atoms with Gasteiger partial charge in [0.05, 0.1) is 6.21 Å². The molecule has 0 aliphatic heterocycles. The Labute approximate surface area is 148 Å². The van der Waals surface area contributed by atoms with Crippen LogP contribution in [-0.2, 0) is 6.61 Å². The fourth-order valence-corrected chi connectivity index (χ4v) is 2.15. The first kappa shape index (κ1) is 16.7. The number of ether oxygens (including phenoxy) is 1. The van der Waals surface area contributed by atoms with Gasteiger partial charge in [-0.05, 0) is 35.9 Å². The van der Waals surface area contributed by atoms with Gasteiger partial charge in [0.25, 0.3) is 5.56 Å². The second kappa shape index (κ2) is 8.07. The molecule has 0 saturated heterocycles. The largest absolute Gasteiger partial charge is 0.489 e. The number of aromatic nitrogens is 3. The normalized spacial score (nSPS) is 10.8. The molecule has 0 atom stereocenters. The summed E-state index contributed by atoms with van der Waals surface area (Å²) in [5.74, 6) is 0.895. The van der Waals surface area contributed by atoms with E-state index in [-0.39, 0.29) is 11.5 Å². The van der Waals surface area contributed by atoms with Crippen molar-refractivity contribution in [3.63, 3.8) is 0 Å². The first-order chi connectivity index (χ1) is 12.2. The monoisotopic (exact) mass is 355 g/mol. The zero-order chi connectivity index (χ0) is 17.5. The molecule has 0 aliphatic carbocycles. The van der Waals surface area contributed by atoms with Crippen molar-refractivity contribution in [2.24, 2.45) is 5.10 Å². The fourth-order valence-electron chi connectivity index (χ4n) is 1.96. The van der Waals surface area contributed by atoms with Gasteiger partial charge in [-0.3, -0.25) is 9.78 Å². The first-order valence-corrected chi connectivity index (χ1v) is 7.76. The van der Waals surface area contributed by atoms with Gasteiger partial charge in [-0.15, -0.1) is 10.2 Å². The molecule has 126 valence electrons. The third-order valence-corrected chi connectivity index (χ3v) is 3.56. The number of halogens is 1. The zero-order valence-corrected chi connectivity index (χ0v) is 13.8. The molecular formula is C17H14ClN5O2. The Kier molecular flexibility index (Phi) is 5.38. The summed E-state index contributed by atoms with van der Waals surface area (Å²) in [5, 5.41) is 11.9. The predicted octanol–water partition coefficient (Wildman–Crippen LogP) is 2.84. The lowest BCUT2D eigenvalue weighted by Gasteiger charge is -2.07. The third-order valence-electron chi connectivity index (χ3n) is 3.19. The summed E-state index contributed by atoms with van der Waals surface area (Å²) < 4.78 is 5.71. The summed E-state index contributed by atoms with van der Waals surface area (Å²) >= 11 is 6.10. The van der Waals surface area contributed by atoms with Gasteiger partial charge in [0.1, 0.15) is 18.6 Å². The molecule has 0 spiro atoms. The lowest BCUT2D eigenvalue weighted by molar-refractivity contribution is 0.306. The minimum Gasteiger partial charge on any atom is -0.489 e. The number of hydrazone groups is 1. The van der Waals surface area contributed by atoms with Crippen LogP contribution in [0.5, 0.6) is 5.75 Å². The molecule has 3 aromatic rings. The average molecular weight is 356 g/mol. The number of hydrogen-bond donors (Lipinski definition) is 2. The van der Waals surface area contributed by atoms with Gasteiger partial charge in [0, 0.05) is 10.6 Å². The van der Waals surface area contributed by atoms with Crippen LogP contribution in [0.1, 0.15) is 11.1 Å². The number of nitrogens with one attached hydrogen (secondary N) is 2. The molecular weight excluding hydrogens is 342 g/mol. The molecule has 3 rings (SSSR count). The maximum atomic E-state index is 11.1. The second-order valence-electron chi connectivity index (χ2n) is 5.00. The number of benzene rings is 2. The van der Waals surface area contributed by atoms with Crippen molar-refractivity contribution in [2.75, 3.05) is 5.43 Å². The molecule has 2 N–H and O–H groups in total. The van der Waals surface area contributed by atoms with Gasteiger partial charge in [0.2, 0.25) is 5.95 Å². The molecule has 25 heavy (non-hydrogen) atoms. The van der Waals surface area contributed by atoms with E-state index in [0.29, 0.717) is 11.6 Å². The van der Waals surface area contributed by atoms with E-state index in [4.69, 9.17) is 16.3 Å². The van der Waals surface area contributed by atoms with Crippen LogP contribution in [0.3, 0.4) is 0 Å². The van der Waals surface area contributed by atoms with E-state index in [0.717, 1.165) is 23.1 Å². The van der Waals surface area contributed by atoms with Crippen LogP contribution in [0.2, 0.25) is 5.02 Å². The van der Waals surface area contributed by atoms with Gasteiger partial charge in [-0.2, -0.15) is 5.10 Å². The average Bonchev–Trinajstić information content (AvgIpc) is 2.62. The number of aromatic amines is 1. The molecule has 1 aromatic heterocycles. The predicted molar refractivity (Wildman–Crippen MR) is 96.1 cm³/mol. The molecule has 0 bridgehead atoms. The van der Waals surface area contributed by atoms with E-state index in [9.17, 15) is 4.79 Å². The van der Waals surface area contributed by atoms with E-state index < -0.39 is 0 Å². The summed E-state index contributed by atoms with van der Waals surface area (Å²) in [4.78, 5) is 13.5. The smallest absolute Gasteiger partial charge is 0.271 e. The second-order valence-corrected chi connectivity index (χ2v) is 5.41. The summed E-state index contributed by atoms with van der Waals surface area (Å²) in [7, 11) is 0. The van der Waals surface area contributed by atoms with E-state index in [1.54, 1.807) is 6.21 Å². The molecule has 7 nitrogen and oxygen atoms in total. The van der Waals surface area contributed by atoms with Gasteiger partial charge in [-0.25, -0.2) is 5.43 Å². The lowest BCUT2D eigenvalue weighted by Crippen LogP contribution is -2.10. The van der Waals surface area contributed by atoms with Crippen molar-refractivity contribution in [1.29, 1.82) is 0 Å². The van der Waals surface area contributed by atoms with Crippen LogP contribution in [-0.4, -0.2) is 21.4 Å². The summed E-state index contributed by atoms with van der Waals surface area (Å²) in [6, 6.07) is 14.9. The van der Waals surface area contributed by atoms with Crippen LogP contribution >= 0.6 is 11.6 Å². The Hall–Kier alpha value is -3.19. The number of rotatable bonds is 6. The van der Waals surface area contributed by atoms with Crippen molar-refractivity contribution in [2.45, 2.75) is 6.61 Å². The number of H-pyrrole nitrogens is 1. The van der Waals surface area contributed by atoms with Crippen molar-refractivity contribution < 1.29 is 4.74 Å². The Balaban J connectivity index is 1.56. The molecule has 0 amide bonds. The molecule has 0 aliphatic rings. The van der Waals surface area contributed by atoms with Gasteiger partial charge >= 0.3 is 0 Å². The molecule has 0 unspecified atom stereocenters. The maximum absolute atomic E-state index is 11.1. The molecule has 1 heterocycles. The topological polar surface area (TPSA) is 92.3 Å². The van der Waals surface area contributed by atoms with E-state index in [2.05, 4.69) is 25.7 Å². The quantitative estimate of drug-likeness (QED) is 0.524. The highest BCUT2D eigenvalue weighted by Crippen LogP contribution is 2.18. The SMILES string of the molecule is O=c1cnnc(N/N=C/c2ccc(OCc3ccccc3Cl)cc2)[nH]1. The Morgan fingerprint density at radius 3 is 2.76 bits per heavy atom. The maximum Gasteiger partial charge on any atom is 0.271 e. The Bertz CT molecular complexity index is 925. The zero-order valence-electron chi connectivity index (χ0n) is 13.0. The Morgan fingerprint density at radius 2 is 2.00 bits per heavy atom. The minimum atomic E-state index is -0.354. The van der Waals surface area contributed by atoms with Crippen LogP contribution in [0.15, 0.2) is 64.6 Å². The van der Waals surface area contributed by atoms with Crippen molar-refractivity contribution in [3.05, 3.63) is 81.2 Å². The van der Waals surface area contributed by atoms with Gasteiger partial charge in [0.15, 0.2) is 0 Å².